The Hall–Kier alpha value is -0.910. The van der Waals surface area contributed by atoms with Gasteiger partial charge in [0.15, 0.2) is 0 Å². The lowest BCUT2D eigenvalue weighted by molar-refractivity contribution is 0.0855. The van der Waals surface area contributed by atoms with Crippen LogP contribution in [0.1, 0.15) is 18.7 Å². The molecule has 0 spiro atoms. The van der Waals surface area contributed by atoms with E-state index < -0.39 is 0 Å². The molecule has 2 rings (SSSR count). The molecule has 0 saturated heterocycles. The summed E-state index contributed by atoms with van der Waals surface area (Å²) in [4.78, 5) is 10.6. The molecule has 0 aliphatic rings. The fourth-order valence-electron chi connectivity index (χ4n) is 1.73. The van der Waals surface area contributed by atoms with Crippen LogP contribution < -0.4 is 5.32 Å². The molecule has 1 unspecified atom stereocenters. The van der Waals surface area contributed by atoms with Crippen LogP contribution in [-0.2, 0) is 4.74 Å². The van der Waals surface area contributed by atoms with Crippen molar-refractivity contribution in [2.45, 2.75) is 26.9 Å². The molecule has 0 bridgehead atoms. The molecule has 2 aromatic rings. The van der Waals surface area contributed by atoms with Gasteiger partial charge in [-0.3, -0.25) is 0 Å². The van der Waals surface area contributed by atoms with Gasteiger partial charge in [0, 0.05) is 18.0 Å². The number of hydrogen-bond acceptors (Lipinski definition) is 5. The summed E-state index contributed by atoms with van der Waals surface area (Å²) in [5, 5.41) is 4.57. The minimum atomic E-state index is 0.138. The molecular weight excluding hydrogens is 270 g/mol. The van der Waals surface area contributed by atoms with E-state index in [0.29, 0.717) is 13.2 Å². The summed E-state index contributed by atoms with van der Waals surface area (Å²) >= 11 is 7.54. The van der Waals surface area contributed by atoms with Crippen molar-refractivity contribution >= 4 is 39.0 Å². The van der Waals surface area contributed by atoms with Gasteiger partial charge in [0.05, 0.1) is 11.5 Å². The molecule has 2 heterocycles. The van der Waals surface area contributed by atoms with Crippen LogP contribution in [-0.4, -0.2) is 29.2 Å². The minimum absolute atomic E-state index is 0.138. The van der Waals surface area contributed by atoms with Gasteiger partial charge in [0.25, 0.3) is 0 Å². The second-order valence-electron chi connectivity index (χ2n) is 4.06. The lowest BCUT2D eigenvalue weighted by atomic mass is 10.3. The van der Waals surface area contributed by atoms with Gasteiger partial charge in [-0.25, -0.2) is 9.97 Å². The molecule has 1 atom stereocenters. The van der Waals surface area contributed by atoms with Crippen molar-refractivity contribution in [1.82, 2.24) is 9.97 Å². The number of aryl methyl sites for hydroxylation is 1. The number of hydrogen-bond donors (Lipinski definition) is 1. The quantitative estimate of drug-likeness (QED) is 0.854. The van der Waals surface area contributed by atoms with Crippen molar-refractivity contribution in [1.29, 1.82) is 0 Å². The van der Waals surface area contributed by atoms with Gasteiger partial charge in [0.2, 0.25) is 5.28 Å². The first-order chi connectivity index (χ1) is 8.60. The van der Waals surface area contributed by atoms with E-state index in [2.05, 4.69) is 21.4 Å². The second kappa shape index (κ2) is 5.82. The molecule has 0 aliphatic heterocycles. The largest absolute Gasteiger partial charge is 0.377 e. The summed E-state index contributed by atoms with van der Waals surface area (Å²) in [6, 6.07) is 2.07. The highest BCUT2D eigenvalue weighted by Crippen LogP contribution is 2.29. The first-order valence-electron chi connectivity index (χ1n) is 5.89. The second-order valence-corrected chi connectivity index (χ2v) is 5.64. The summed E-state index contributed by atoms with van der Waals surface area (Å²) in [6.45, 7) is 7.46. The number of aromatic nitrogens is 2. The number of nitrogens with zero attached hydrogens (tertiary/aromatic N) is 2. The van der Waals surface area contributed by atoms with Crippen molar-refractivity contribution in [2.24, 2.45) is 0 Å². The van der Waals surface area contributed by atoms with Gasteiger partial charge in [-0.2, -0.15) is 0 Å². The minimum Gasteiger partial charge on any atom is -0.377 e. The predicted octanol–water partition coefficient (Wildman–Crippen LogP) is 3.49. The fourth-order valence-corrected chi connectivity index (χ4v) is 2.83. The van der Waals surface area contributed by atoms with E-state index in [1.165, 1.54) is 4.88 Å². The Morgan fingerprint density at radius 3 is 3.00 bits per heavy atom. The molecule has 18 heavy (non-hydrogen) atoms. The average molecular weight is 286 g/mol. The Kier molecular flexibility index (Phi) is 4.37. The smallest absolute Gasteiger partial charge is 0.225 e. The molecule has 0 aliphatic carbocycles. The van der Waals surface area contributed by atoms with Gasteiger partial charge in [-0.15, -0.1) is 11.3 Å². The summed E-state index contributed by atoms with van der Waals surface area (Å²) in [7, 11) is 0. The molecule has 0 saturated carbocycles. The van der Waals surface area contributed by atoms with E-state index in [1.807, 2.05) is 20.8 Å². The predicted molar refractivity (Wildman–Crippen MR) is 76.7 cm³/mol. The zero-order valence-electron chi connectivity index (χ0n) is 10.7. The highest BCUT2D eigenvalue weighted by Gasteiger charge is 2.10. The molecule has 6 heteroatoms. The number of anilines is 1. The number of ether oxygens (including phenoxy) is 1. The Labute approximate surface area is 115 Å². The van der Waals surface area contributed by atoms with E-state index >= 15 is 0 Å². The Balaban J connectivity index is 2.21. The maximum Gasteiger partial charge on any atom is 0.225 e. The van der Waals surface area contributed by atoms with Gasteiger partial charge >= 0.3 is 0 Å². The average Bonchev–Trinajstić information content (AvgIpc) is 2.66. The molecular formula is C12H16ClN3OS. The summed E-state index contributed by atoms with van der Waals surface area (Å²) < 4.78 is 5.47. The SMILES string of the molecule is CCOC(C)CNc1nc(Cl)nc2sc(C)cc12. The van der Waals surface area contributed by atoms with Gasteiger partial charge in [-0.05, 0) is 38.4 Å². The molecule has 0 fully saturated rings. The molecule has 0 radical (unpaired) electrons. The van der Waals surface area contributed by atoms with E-state index in [0.717, 1.165) is 16.0 Å². The van der Waals surface area contributed by atoms with Crippen molar-refractivity contribution in [3.8, 4) is 0 Å². The lowest BCUT2D eigenvalue weighted by Gasteiger charge is -2.13. The molecule has 0 amide bonds. The van der Waals surface area contributed by atoms with Crippen LogP contribution in [0.5, 0.6) is 0 Å². The number of halogens is 1. The molecule has 0 aromatic carbocycles. The molecule has 4 nitrogen and oxygen atoms in total. The van der Waals surface area contributed by atoms with E-state index in [-0.39, 0.29) is 11.4 Å². The topological polar surface area (TPSA) is 47.0 Å². The highest BCUT2D eigenvalue weighted by atomic mass is 35.5. The van der Waals surface area contributed by atoms with E-state index in [4.69, 9.17) is 16.3 Å². The third kappa shape index (κ3) is 3.10. The van der Waals surface area contributed by atoms with E-state index in [9.17, 15) is 0 Å². The third-order valence-electron chi connectivity index (χ3n) is 2.50. The number of thiophene rings is 1. The van der Waals surface area contributed by atoms with Gasteiger partial charge < -0.3 is 10.1 Å². The molecule has 1 N–H and O–H groups in total. The standard InChI is InChI=1S/C12H16ClN3OS/c1-4-17-7(2)6-14-10-9-5-8(3)18-11(9)16-12(13)15-10/h5,7H,4,6H2,1-3H3,(H,14,15,16). The van der Waals surface area contributed by atoms with Gasteiger partial charge in [0.1, 0.15) is 10.6 Å². The first kappa shape index (κ1) is 13.5. The summed E-state index contributed by atoms with van der Waals surface area (Å²) in [6.07, 6.45) is 0.138. The fraction of sp³-hybridized carbons (Fsp3) is 0.500. The Morgan fingerprint density at radius 2 is 2.28 bits per heavy atom. The maximum absolute atomic E-state index is 5.92. The zero-order valence-corrected chi connectivity index (χ0v) is 12.2. The van der Waals surface area contributed by atoms with Crippen molar-refractivity contribution in [3.63, 3.8) is 0 Å². The van der Waals surface area contributed by atoms with Gasteiger partial charge in [-0.1, -0.05) is 0 Å². The third-order valence-corrected chi connectivity index (χ3v) is 3.61. The normalized spacial score (nSPS) is 12.9. The monoisotopic (exact) mass is 285 g/mol. The summed E-state index contributed by atoms with van der Waals surface area (Å²) in [5.74, 6) is 0.779. The number of nitrogens with one attached hydrogen (secondary N) is 1. The maximum atomic E-state index is 5.92. The molecule has 98 valence electrons. The summed E-state index contributed by atoms with van der Waals surface area (Å²) in [5.41, 5.74) is 0. The number of fused-ring (bicyclic) bond motifs is 1. The Bertz CT molecular complexity index is 543. The lowest BCUT2D eigenvalue weighted by Crippen LogP contribution is -2.20. The van der Waals surface area contributed by atoms with E-state index in [1.54, 1.807) is 11.3 Å². The van der Waals surface area contributed by atoms with Crippen LogP contribution in [0.4, 0.5) is 5.82 Å². The van der Waals surface area contributed by atoms with Crippen LogP contribution >= 0.6 is 22.9 Å². The van der Waals surface area contributed by atoms with Crippen LogP contribution in [0.25, 0.3) is 10.2 Å². The highest BCUT2D eigenvalue weighted by molar-refractivity contribution is 7.18. The van der Waals surface area contributed by atoms with Crippen molar-refractivity contribution in [3.05, 3.63) is 16.2 Å². The van der Waals surface area contributed by atoms with Crippen molar-refractivity contribution < 1.29 is 4.74 Å². The van der Waals surface area contributed by atoms with Crippen LogP contribution in [0.3, 0.4) is 0 Å². The Morgan fingerprint density at radius 1 is 1.50 bits per heavy atom. The van der Waals surface area contributed by atoms with Crippen LogP contribution in [0, 0.1) is 6.92 Å². The number of rotatable bonds is 5. The molecule has 2 aromatic heterocycles. The van der Waals surface area contributed by atoms with Crippen LogP contribution in [0.15, 0.2) is 6.07 Å². The zero-order chi connectivity index (χ0) is 13.1. The first-order valence-corrected chi connectivity index (χ1v) is 7.08. The van der Waals surface area contributed by atoms with Crippen LogP contribution in [0.2, 0.25) is 5.28 Å². The van der Waals surface area contributed by atoms with Crippen molar-refractivity contribution in [2.75, 3.05) is 18.5 Å².